The maximum absolute atomic E-state index is 9.17. The summed E-state index contributed by atoms with van der Waals surface area (Å²) in [6.45, 7) is 3.69. The Kier molecular flexibility index (Phi) is 3.13. The second-order valence-corrected chi connectivity index (χ2v) is 3.76. The van der Waals surface area contributed by atoms with E-state index in [1.54, 1.807) is 14.0 Å². The Morgan fingerprint density at radius 2 is 2.14 bits per heavy atom. The maximum Gasteiger partial charge on any atom is 0.119 e. The van der Waals surface area contributed by atoms with Gasteiger partial charge in [-0.2, -0.15) is 0 Å². The van der Waals surface area contributed by atoms with Crippen molar-refractivity contribution < 1.29 is 9.84 Å². The molecule has 0 spiro atoms. The van der Waals surface area contributed by atoms with Crippen molar-refractivity contribution in [2.75, 3.05) is 13.7 Å². The van der Waals surface area contributed by atoms with E-state index in [9.17, 15) is 0 Å². The number of hydrogen-bond donors (Lipinski definition) is 2. The van der Waals surface area contributed by atoms with Crippen molar-refractivity contribution in [2.45, 2.75) is 19.4 Å². The molecule has 3 heteroatoms. The molecule has 0 unspecified atom stereocenters. The van der Waals surface area contributed by atoms with Crippen molar-refractivity contribution in [3.8, 4) is 5.75 Å². The second kappa shape index (κ2) is 3.98. The third-order valence-electron chi connectivity index (χ3n) is 2.39. The zero-order valence-corrected chi connectivity index (χ0v) is 8.87. The van der Waals surface area contributed by atoms with Crippen LogP contribution < -0.4 is 10.5 Å². The first-order chi connectivity index (χ1) is 6.51. The lowest BCUT2D eigenvalue weighted by Gasteiger charge is -2.24. The van der Waals surface area contributed by atoms with Crippen molar-refractivity contribution in [3.05, 3.63) is 29.3 Å². The van der Waals surface area contributed by atoms with Crippen LogP contribution in [0.3, 0.4) is 0 Å². The molecule has 0 aliphatic carbocycles. The molecule has 0 aromatic heterocycles. The largest absolute Gasteiger partial charge is 0.497 e. The van der Waals surface area contributed by atoms with Gasteiger partial charge in [0.25, 0.3) is 0 Å². The molecular formula is C11H17NO2. The van der Waals surface area contributed by atoms with Gasteiger partial charge in [0.1, 0.15) is 5.75 Å². The minimum Gasteiger partial charge on any atom is -0.497 e. The van der Waals surface area contributed by atoms with E-state index in [4.69, 9.17) is 15.6 Å². The van der Waals surface area contributed by atoms with Crippen molar-refractivity contribution in [2.24, 2.45) is 5.73 Å². The minimum absolute atomic E-state index is 0.0823. The van der Waals surface area contributed by atoms with Crippen LogP contribution in [0.25, 0.3) is 0 Å². The molecule has 0 aliphatic heterocycles. The molecule has 1 rings (SSSR count). The Labute approximate surface area is 84.5 Å². The number of aliphatic hydroxyl groups is 1. The SMILES string of the molecule is COc1ccc(C)c([C@](C)(N)CO)c1. The van der Waals surface area contributed by atoms with Crippen molar-refractivity contribution in [1.29, 1.82) is 0 Å². The van der Waals surface area contributed by atoms with Crippen molar-refractivity contribution in [1.82, 2.24) is 0 Å². The average Bonchev–Trinajstić information content (AvgIpc) is 2.18. The highest BCUT2D eigenvalue weighted by atomic mass is 16.5. The first-order valence-corrected chi connectivity index (χ1v) is 4.56. The lowest BCUT2D eigenvalue weighted by molar-refractivity contribution is 0.209. The third-order valence-corrected chi connectivity index (χ3v) is 2.39. The Morgan fingerprint density at radius 1 is 1.50 bits per heavy atom. The average molecular weight is 195 g/mol. The molecular weight excluding hydrogens is 178 g/mol. The molecule has 3 nitrogen and oxygen atoms in total. The Hall–Kier alpha value is -1.06. The summed E-state index contributed by atoms with van der Waals surface area (Å²) >= 11 is 0. The summed E-state index contributed by atoms with van der Waals surface area (Å²) in [7, 11) is 1.61. The molecule has 3 N–H and O–H groups in total. The third kappa shape index (κ3) is 2.05. The molecule has 0 amide bonds. The molecule has 1 aromatic rings. The predicted molar refractivity (Wildman–Crippen MR) is 56.4 cm³/mol. The first-order valence-electron chi connectivity index (χ1n) is 4.56. The van der Waals surface area contributed by atoms with Gasteiger partial charge in [-0.1, -0.05) is 6.07 Å². The highest BCUT2D eigenvalue weighted by Gasteiger charge is 2.22. The molecule has 1 atom stereocenters. The molecule has 0 saturated heterocycles. The number of rotatable bonds is 3. The van der Waals surface area contributed by atoms with Crippen molar-refractivity contribution in [3.63, 3.8) is 0 Å². The monoisotopic (exact) mass is 195 g/mol. The molecule has 78 valence electrons. The van der Waals surface area contributed by atoms with Gasteiger partial charge in [0.15, 0.2) is 0 Å². The van der Waals surface area contributed by atoms with E-state index in [1.807, 2.05) is 25.1 Å². The van der Waals surface area contributed by atoms with Gasteiger partial charge in [-0.15, -0.1) is 0 Å². The van der Waals surface area contributed by atoms with Gasteiger partial charge in [-0.3, -0.25) is 0 Å². The maximum atomic E-state index is 9.17. The Balaban J connectivity index is 3.18. The van der Waals surface area contributed by atoms with E-state index in [0.717, 1.165) is 16.9 Å². The van der Waals surface area contributed by atoms with Gasteiger partial charge in [-0.05, 0) is 37.1 Å². The lowest BCUT2D eigenvalue weighted by Crippen LogP contribution is -2.37. The molecule has 0 heterocycles. The normalized spacial score (nSPS) is 14.9. The van der Waals surface area contributed by atoms with Gasteiger partial charge in [-0.25, -0.2) is 0 Å². The van der Waals surface area contributed by atoms with Gasteiger partial charge in [0, 0.05) is 0 Å². The standard InChI is InChI=1S/C11H17NO2/c1-8-4-5-9(14-3)6-10(8)11(2,12)7-13/h4-6,13H,7,12H2,1-3H3/t11-/m1/s1. The highest BCUT2D eigenvalue weighted by Crippen LogP contribution is 2.25. The summed E-state index contributed by atoms with van der Waals surface area (Å²) in [4.78, 5) is 0. The molecule has 0 aliphatic rings. The van der Waals surface area contributed by atoms with E-state index in [1.165, 1.54) is 0 Å². The Bertz CT molecular complexity index is 321. The molecule has 14 heavy (non-hydrogen) atoms. The second-order valence-electron chi connectivity index (χ2n) is 3.76. The first kappa shape index (κ1) is 11.0. The Morgan fingerprint density at radius 3 is 2.64 bits per heavy atom. The van der Waals surface area contributed by atoms with Gasteiger partial charge in [0.2, 0.25) is 0 Å². The number of aliphatic hydroxyl groups excluding tert-OH is 1. The highest BCUT2D eigenvalue weighted by molar-refractivity contribution is 5.39. The quantitative estimate of drug-likeness (QED) is 0.761. The summed E-state index contributed by atoms with van der Waals surface area (Å²) in [5.41, 5.74) is 7.22. The summed E-state index contributed by atoms with van der Waals surface area (Å²) in [6, 6.07) is 5.69. The number of benzene rings is 1. The molecule has 0 fully saturated rings. The number of aryl methyl sites for hydroxylation is 1. The zero-order valence-electron chi connectivity index (χ0n) is 8.87. The molecule has 1 aromatic carbocycles. The van der Waals surface area contributed by atoms with Crippen LogP contribution in [0.2, 0.25) is 0 Å². The molecule has 0 bridgehead atoms. The van der Waals surface area contributed by atoms with Gasteiger partial charge >= 0.3 is 0 Å². The van der Waals surface area contributed by atoms with Crippen LogP contribution in [0.5, 0.6) is 5.75 Å². The van der Waals surface area contributed by atoms with E-state index in [2.05, 4.69) is 0 Å². The van der Waals surface area contributed by atoms with Gasteiger partial charge < -0.3 is 15.6 Å². The van der Waals surface area contributed by atoms with E-state index < -0.39 is 5.54 Å². The predicted octanol–water partition coefficient (Wildman–Crippen LogP) is 1.17. The molecule has 0 saturated carbocycles. The fourth-order valence-electron chi connectivity index (χ4n) is 1.43. The van der Waals surface area contributed by atoms with Gasteiger partial charge in [0.05, 0.1) is 19.3 Å². The van der Waals surface area contributed by atoms with Crippen LogP contribution in [-0.2, 0) is 5.54 Å². The number of methoxy groups -OCH3 is 1. The van der Waals surface area contributed by atoms with E-state index in [0.29, 0.717) is 0 Å². The van der Waals surface area contributed by atoms with Crippen LogP contribution >= 0.6 is 0 Å². The van der Waals surface area contributed by atoms with E-state index >= 15 is 0 Å². The summed E-state index contributed by atoms with van der Waals surface area (Å²) in [5, 5.41) is 9.17. The zero-order chi connectivity index (χ0) is 10.8. The fraction of sp³-hybridized carbons (Fsp3) is 0.455. The van der Waals surface area contributed by atoms with Crippen LogP contribution in [0, 0.1) is 6.92 Å². The van der Waals surface area contributed by atoms with Crippen LogP contribution in [-0.4, -0.2) is 18.8 Å². The summed E-state index contributed by atoms with van der Waals surface area (Å²) in [6.07, 6.45) is 0. The lowest BCUT2D eigenvalue weighted by atomic mass is 9.90. The van der Waals surface area contributed by atoms with Crippen molar-refractivity contribution >= 4 is 0 Å². The van der Waals surface area contributed by atoms with E-state index in [-0.39, 0.29) is 6.61 Å². The smallest absolute Gasteiger partial charge is 0.119 e. The number of hydrogen-bond acceptors (Lipinski definition) is 3. The number of nitrogens with two attached hydrogens (primary N) is 1. The minimum atomic E-state index is -0.710. The summed E-state index contributed by atoms with van der Waals surface area (Å²) in [5.74, 6) is 0.760. The number of ether oxygens (including phenoxy) is 1. The van der Waals surface area contributed by atoms with Crippen LogP contribution in [0.4, 0.5) is 0 Å². The van der Waals surface area contributed by atoms with Crippen LogP contribution in [0.15, 0.2) is 18.2 Å². The summed E-state index contributed by atoms with van der Waals surface area (Å²) < 4.78 is 5.11. The fourth-order valence-corrected chi connectivity index (χ4v) is 1.43. The van der Waals surface area contributed by atoms with Crippen LogP contribution in [0.1, 0.15) is 18.1 Å². The molecule has 0 radical (unpaired) electrons. The topological polar surface area (TPSA) is 55.5 Å².